The molecule has 0 saturated carbocycles. The molecule has 1 unspecified atom stereocenters. The maximum atomic E-state index is 4.54. The molecular formula is C12H12N4. The van der Waals surface area contributed by atoms with E-state index in [9.17, 15) is 0 Å². The van der Waals surface area contributed by atoms with Gasteiger partial charge < -0.3 is 5.32 Å². The maximum absolute atomic E-state index is 4.54. The van der Waals surface area contributed by atoms with Gasteiger partial charge in [0.05, 0.1) is 5.69 Å². The Bertz CT molecular complexity index is 510. The number of nitrogens with zero attached hydrogens (tertiary/aromatic N) is 3. The Morgan fingerprint density at radius 2 is 2.25 bits per heavy atom. The molecule has 2 aromatic heterocycles. The second-order valence-corrected chi connectivity index (χ2v) is 3.91. The third kappa shape index (κ3) is 1.47. The quantitative estimate of drug-likeness (QED) is 0.781. The summed E-state index contributed by atoms with van der Waals surface area (Å²) in [6.45, 7) is 2.94. The summed E-state index contributed by atoms with van der Waals surface area (Å²) >= 11 is 0. The molecule has 0 radical (unpaired) electrons. The summed E-state index contributed by atoms with van der Waals surface area (Å²) in [7, 11) is 0. The van der Waals surface area contributed by atoms with E-state index >= 15 is 0 Å². The van der Waals surface area contributed by atoms with Gasteiger partial charge in [0.2, 0.25) is 0 Å². The van der Waals surface area contributed by atoms with E-state index in [-0.39, 0.29) is 0 Å². The van der Waals surface area contributed by atoms with Crippen LogP contribution in [0.15, 0.2) is 30.6 Å². The van der Waals surface area contributed by atoms with Crippen molar-refractivity contribution in [2.24, 2.45) is 0 Å². The lowest BCUT2D eigenvalue weighted by atomic mass is 10.2. The molecule has 80 valence electrons. The highest BCUT2D eigenvalue weighted by atomic mass is 15.0. The van der Waals surface area contributed by atoms with Gasteiger partial charge in [-0.2, -0.15) is 0 Å². The highest BCUT2D eigenvalue weighted by molar-refractivity contribution is 5.49. The van der Waals surface area contributed by atoms with Gasteiger partial charge in [-0.1, -0.05) is 6.07 Å². The van der Waals surface area contributed by atoms with Gasteiger partial charge in [-0.05, 0) is 19.1 Å². The number of hydrogen-bond acceptors (Lipinski definition) is 4. The van der Waals surface area contributed by atoms with E-state index < -0.39 is 0 Å². The zero-order valence-electron chi connectivity index (χ0n) is 9.01. The second-order valence-electron chi connectivity index (χ2n) is 3.91. The van der Waals surface area contributed by atoms with Gasteiger partial charge in [0.15, 0.2) is 5.82 Å². The van der Waals surface area contributed by atoms with Gasteiger partial charge in [-0.25, -0.2) is 9.97 Å². The van der Waals surface area contributed by atoms with Crippen LogP contribution in [0.5, 0.6) is 0 Å². The average Bonchev–Trinajstić information content (AvgIpc) is 2.72. The zero-order valence-corrected chi connectivity index (χ0v) is 9.01. The SMILES string of the molecule is CC1NCc2nc(-c3ccccn3)ncc21. The van der Waals surface area contributed by atoms with Crippen LogP contribution in [0.2, 0.25) is 0 Å². The molecule has 0 fully saturated rings. The van der Waals surface area contributed by atoms with Gasteiger partial charge in [-0.15, -0.1) is 0 Å². The number of rotatable bonds is 1. The van der Waals surface area contributed by atoms with E-state index in [1.54, 1.807) is 6.20 Å². The summed E-state index contributed by atoms with van der Waals surface area (Å²) in [6.07, 6.45) is 3.66. The van der Waals surface area contributed by atoms with E-state index in [4.69, 9.17) is 0 Å². The molecule has 1 atom stereocenters. The van der Waals surface area contributed by atoms with Crippen molar-refractivity contribution < 1.29 is 0 Å². The lowest BCUT2D eigenvalue weighted by Gasteiger charge is -2.04. The second kappa shape index (κ2) is 3.64. The van der Waals surface area contributed by atoms with Gasteiger partial charge >= 0.3 is 0 Å². The van der Waals surface area contributed by atoms with Crippen molar-refractivity contribution in [1.29, 1.82) is 0 Å². The van der Waals surface area contributed by atoms with Crippen LogP contribution in [0.3, 0.4) is 0 Å². The molecule has 16 heavy (non-hydrogen) atoms. The smallest absolute Gasteiger partial charge is 0.178 e. The monoisotopic (exact) mass is 212 g/mol. The first kappa shape index (κ1) is 9.42. The third-order valence-corrected chi connectivity index (χ3v) is 2.84. The fraction of sp³-hybridized carbons (Fsp3) is 0.250. The fourth-order valence-corrected chi connectivity index (χ4v) is 1.91. The Labute approximate surface area is 93.8 Å². The van der Waals surface area contributed by atoms with E-state index in [0.717, 1.165) is 17.9 Å². The summed E-state index contributed by atoms with van der Waals surface area (Å²) in [5, 5.41) is 3.34. The van der Waals surface area contributed by atoms with Gasteiger partial charge in [0, 0.05) is 30.5 Å². The number of nitrogens with one attached hydrogen (secondary N) is 1. The maximum Gasteiger partial charge on any atom is 0.178 e. The first-order valence-electron chi connectivity index (χ1n) is 5.35. The Kier molecular flexibility index (Phi) is 2.15. The van der Waals surface area contributed by atoms with Crippen LogP contribution in [-0.4, -0.2) is 15.0 Å². The van der Waals surface area contributed by atoms with E-state index in [1.807, 2.05) is 24.4 Å². The van der Waals surface area contributed by atoms with Crippen LogP contribution in [0, 0.1) is 0 Å². The molecule has 4 nitrogen and oxygen atoms in total. The van der Waals surface area contributed by atoms with E-state index in [2.05, 4.69) is 27.2 Å². The Morgan fingerprint density at radius 3 is 3.06 bits per heavy atom. The summed E-state index contributed by atoms with van der Waals surface area (Å²) in [5.74, 6) is 0.704. The first-order valence-corrected chi connectivity index (χ1v) is 5.35. The molecule has 0 amide bonds. The molecule has 0 aromatic carbocycles. The van der Waals surface area contributed by atoms with Crippen molar-refractivity contribution in [3.63, 3.8) is 0 Å². The lowest BCUT2D eigenvalue weighted by molar-refractivity contribution is 0.631. The van der Waals surface area contributed by atoms with Crippen molar-refractivity contribution in [3.8, 4) is 11.5 Å². The molecule has 1 aliphatic rings. The van der Waals surface area contributed by atoms with Gasteiger partial charge in [0.1, 0.15) is 5.69 Å². The number of pyridine rings is 1. The lowest BCUT2D eigenvalue weighted by Crippen LogP contribution is -2.07. The topological polar surface area (TPSA) is 50.7 Å². The van der Waals surface area contributed by atoms with Gasteiger partial charge in [0.25, 0.3) is 0 Å². The van der Waals surface area contributed by atoms with Crippen molar-refractivity contribution in [2.75, 3.05) is 0 Å². The molecule has 1 N–H and O–H groups in total. The van der Waals surface area contributed by atoms with Crippen LogP contribution >= 0.6 is 0 Å². The van der Waals surface area contributed by atoms with Crippen LogP contribution < -0.4 is 5.32 Å². The molecule has 3 heterocycles. The minimum atomic E-state index is 0.354. The molecule has 0 aliphatic carbocycles. The third-order valence-electron chi connectivity index (χ3n) is 2.84. The Balaban J connectivity index is 2.06. The summed E-state index contributed by atoms with van der Waals surface area (Å²) in [4.78, 5) is 13.1. The molecule has 0 bridgehead atoms. The van der Waals surface area contributed by atoms with E-state index in [1.165, 1.54) is 5.56 Å². The minimum absolute atomic E-state index is 0.354. The van der Waals surface area contributed by atoms with Gasteiger partial charge in [-0.3, -0.25) is 4.98 Å². The molecule has 0 spiro atoms. The molecule has 4 heteroatoms. The van der Waals surface area contributed by atoms with Crippen LogP contribution in [0.4, 0.5) is 0 Å². The van der Waals surface area contributed by atoms with E-state index in [0.29, 0.717) is 11.9 Å². The number of hydrogen-bond donors (Lipinski definition) is 1. The molecule has 2 aromatic rings. The molecular weight excluding hydrogens is 200 g/mol. The number of fused-ring (bicyclic) bond motifs is 1. The minimum Gasteiger partial charge on any atom is -0.304 e. The molecule has 3 rings (SSSR count). The Morgan fingerprint density at radius 1 is 1.31 bits per heavy atom. The molecule has 1 aliphatic heterocycles. The van der Waals surface area contributed by atoms with Crippen molar-refractivity contribution in [3.05, 3.63) is 41.9 Å². The fourth-order valence-electron chi connectivity index (χ4n) is 1.91. The zero-order chi connectivity index (χ0) is 11.0. The highest BCUT2D eigenvalue weighted by Crippen LogP contribution is 2.23. The highest BCUT2D eigenvalue weighted by Gasteiger charge is 2.20. The number of aromatic nitrogens is 3. The van der Waals surface area contributed by atoms with Crippen LogP contribution in [0.1, 0.15) is 24.2 Å². The average molecular weight is 212 g/mol. The predicted molar refractivity (Wildman–Crippen MR) is 60.5 cm³/mol. The summed E-state index contributed by atoms with van der Waals surface area (Å²) in [6, 6.07) is 6.11. The normalized spacial score (nSPS) is 18.4. The van der Waals surface area contributed by atoms with Crippen molar-refractivity contribution in [1.82, 2.24) is 20.3 Å². The van der Waals surface area contributed by atoms with Crippen molar-refractivity contribution in [2.45, 2.75) is 19.5 Å². The standard InChI is InChI=1S/C12H12N4/c1-8-9-6-15-12(16-11(9)7-14-8)10-4-2-3-5-13-10/h2-6,8,14H,7H2,1H3. The molecule has 0 saturated heterocycles. The Hall–Kier alpha value is -1.81. The van der Waals surface area contributed by atoms with Crippen LogP contribution in [0.25, 0.3) is 11.5 Å². The predicted octanol–water partition coefficient (Wildman–Crippen LogP) is 1.70. The first-order chi connectivity index (χ1) is 7.84. The van der Waals surface area contributed by atoms with Crippen LogP contribution in [-0.2, 0) is 6.54 Å². The largest absolute Gasteiger partial charge is 0.304 e. The summed E-state index contributed by atoms with van der Waals surface area (Å²) < 4.78 is 0. The van der Waals surface area contributed by atoms with Crippen molar-refractivity contribution >= 4 is 0 Å². The summed E-state index contributed by atoms with van der Waals surface area (Å²) in [5.41, 5.74) is 3.10.